The summed E-state index contributed by atoms with van der Waals surface area (Å²) < 4.78 is 4.69. The summed E-state index contributed by atoms with van der Waals surface area (Å²) in [4.78, 5) is 15.9. The highest BCUT2D eigenvalue weighted by molar-refractivity contribution is 5.99. The predicted octanol–water partition coefficient (Wildman–Crippen LogP) is 1.43. The number of carbonyl (C=O) groups is 1. The first kappa shape index (κ1) is 12.1. The minimum atomic E-state index is -0.193. The van der Waals surface area contributed by atoms with Gasteiger partial charge < -0.3 is 15.2 Å². The summed E-state index contributed by atoms with van der Waals surface area (Å²) >= 11 is 0. The Kier molecular flexibility index (Phi) is 3.90. The van der Waals surface area contributed by atoms with E-state index in [4.69, 9.17) is 0 Å². The highest BCUT2D eigenvalue weighted by Gasteiger charge is 2.11. The third-order valence-corrected chi connectivity index (χ3v) is 2.35. The molecule has 2 heterocycles. The molecular formula is C12H14N4O2. The molecule has 0 bridgehead atoms. The Balaban J connectivity index is 2.04. The van der Waals surface area contributed by atoms with E-state index in [0.29, 0.717) is 17.8 Å². The minimum Gasteiger partial charge on any atom is -0.385 e. The van der Waals surface area contributed by atoms with Gasteiger partial charge in [-0.15, -0.1) is 0 Å². The molecule has 1 amide bonds. The van der Waals surface area contributed by atoms with Crippen LogP contribution in [-0.2, 0) is 6.54 Å². The Labute approximate surface area is 104 Å². The van der Waals surface area contributed by atoms with Gasteiger partial charge in [0.1, 0.15) is 12.0 Å². The van der Waals surface area contributed by atoms with Gasteiger partial charge in [-0.2, -0.15) is 0 Å². The van der Waals surface area contributed by atoms with Crippen LogP contribution in [0.25, 0.3) is 0 Å². The summed E-state index contributed by atoms with van der Waals surface area (Å²) in [5.74, 6) is -0.193. The van der Waals surface area contributed by atoms with Crippen molar-refractivity contribution in [1.29, 1.82) is 0 Å². The lowest BCUT2D eigenvalue weighted by molar-refractivity contribution is 0.0950. The lowest BCUT2D eigenvalue weighted by Crippen LogP contribution is -2.24. The summed E-state index contributed by atoms with van der Waals surface area (Å²) in [7, 11) is 0. The highest BCUT2D eigenvalue weighted by Crippen LogP contribution is 2.13. The molecule has 0 radical (unpaired) electrons. The van der Waals surface area contributed by atoms with Crippen molar-refractivity contribution in [1.82, 2.24) is 15.5 Å². The first-order valence-corrected chi connectivity index (χ1v) is 5.66. The molecule has 2 aromatic heterocycles. The van der Waals surface area contributed by atoms with Crippen molar-refractivity contribution < 1.29 is 9.32 Å². The first-order chi connectivity index (χ1) is 8.81. The van der Waals surface area contributed by atoms with E-state index >= 15 is 0 Å². The number of nitrogens with zero attached hydrogens (tertiary/aromatic N) is 2. The molecule has 2 N–H and O–H groups in total. The molecule has 0 fully saturated rings. The lowest BCUT2D eigenvalue weighted by atomic mass is 10.2. The zero-order valence-electron chi connectivity index (χ0n) is 10.0. The molecule has 0 aromatic carbocycles. The van der Waals surface area contributed by atoms with Gasteiger partial charge in [-0.3, -0.25) is 9.78 Å². The second kappa shape index (κ2) is 5.81. The molecule has 0 aliphatic carbocycles. The number of hydrogen-bond donors (Lipinski definition) is 2. The minimum absolute atomic E-state index is 0.193. The van der Waals surface area contributed by atoms with Gasteiger partial charge in [0.2, 0.25) is 0 Å². The van der Waals surface area contributed by atoms with Crippen LogP contribution in [0.2, 0.25) is 0 Å². The molecule has 18 heavy (non-hydrogen) atoms. The molecule has 0 saturated carbocycles. The quantitative estimate of drug-likeness (QED) is 0.834. The van der Waals surface area contributed by atoms with Crippen LogP contribution in [0, 0.1) is 0 Å². The second-order valence-electron chi connectivity index (χ2n) is 3.63. The standard InChI is InChI=1S/C12H14N4O2/c1-2-14-11-3-5-13-8-10(11)12(17)15-7-9-4-6-18-16-9/h3-6,8H,2,7H2,1H3,(H,13,14)(H,15,17). The van der Waals surface area contributed by atoms with Crippen molar-refractivity contribution in [3.63, 3.8) is 0 Å². The maximum absolute atomic E-state index is 12.0. The molecule has 0 unspecified atom stereocenters. The molecule has 2 rings (SSSR count). The van der Waals surface area contributed by atoms with Crippen molar-refractivity contribution in [2.24, 2.45) is 0 Å². The summed E-state index contributed by atoms with van der Waals surface area (Å²) in [6.45, 7) is 3.04. The molecule has 0 saturated heterocycles. The van der Waals surface area contributed by atoms with Gasteiger partial charge in [0, 0.05) is 25.0 Å². The van der Waals surface area contributed by atoms with Crippen molar-refractivity contribution in [2.45, 2.75) is 13.5 Å². The van der Waals surface area contributed by atoms with Crippen molar-refractivity contribution in [2.75, 3.05) is 11.9 Å². The van der Waals surface area contributed by atoms with Gasteiger partial charge in [0.05, 0.1) is 17.8 Å². The Hall–Kier alpha value is -2.37. The Morgan fingerprint density at radius 1 is 1.44 bits per heavy atom. The van der Waals surface area contributed by atoms with Crippen LogP contribution in [0.3, 0.4) is 0 Å². The molecule has 6 nitrogen and oxygen atoms in total. The van der Waals surface area contributed by atoms with Gasteiger partial charge in [-0.05, 0) is 13.0 Å². The average molecular weight is 246 g/mol. The monoisotopic (exact) mass is 246 g/mol. The van der Waals surface area contributed by atoms with Gasteiger partial charge in [-0.1, -0.05) is 5.16 Å². The van der Waals surface area contributed by atoms with E-state index in [0.717, 1.165) is 12.2 Å². The maximum Gasteiger partial charge on any atom is 0.255 e. The zero-order chi connectivity index (χ0) is 12.8. The lowest BCUT2D eigenvalue weighted by Gasteiger charge is -2.09. The summed E-state index contributed by atoms with van der Waals surface area (Å²) in [5.41, 5.74) is 1.96. The van der Waals surface area contributed by atoms with E-state index in [-0.39, 0.29) is 5.91 Å². The van der Waals surface area contributed by atoms with Crippen LogP contribution >= 0.6 is 0 Å². The SMILES string of the molecule is CCNc1ccncc1C(=O)NCc1ccon1. The van der Waals surface area contributed by atoms with E-state index in [1.807, 2.05) is 6.92 Å². The fourth-order valence-corrected chi connectivity index (χ4v) is 1.51. The number of carbonyl (C=O) groups excluding carboxylic acids is 1. The maximum atomic E-state index is 12.0. The normalized spacial score (nSPS) is 10.1. The van der Waals surface area contributed by atoms with Gasteiger partial charge in [0.15, 0.2) is 0 Å². The topological polar surface area (TPSA) is 80.0 Å². The van der Waals surface area contributed by atoms with Crippen LogP contribution < -0.4 is 10.6 Å². The predicted molar refractivity (Wildman–Crippen MR) is 66.1 cm³/mol. The first-order valence-electron chi connectivity index (χ1n) is 5.66. The van der Waals surface area contributed by atoms with E-state index in [9.17, 15) is 4.79 Å². The fourth-order valence-electron chi connectivity index (χ4n) is 1.51. The zero-order valence-corrected chi connectivity index (χ0v) is 10.0. The van der Waals surface area contributed by atoms with Crippen LogP contribution in [0.5, 0.6) is 0 Å². The number of rotatable bonds is 5. The number of amides is 1. The van der Waals surface area contributed by atoms with Gasteiger partial charge in [0.25, 0.3) is 5.91 Å². The number of hydrogen-bond acceptors (Lipinski definition) is 5. The van der Waals surface area contributed by atoms with E-state index < -0.39 is 0 Å². The Bertz CT molecular complexity index is 511. The molecular weight excluding hydrogens is 232 g/mol. The average Bonchev–Trinajstić information content (AvgIpc) is 2.90. The highest BCUT2D eigenvalue weighted by atomic mass is 16.5. The molecule has 6 heteroatoms. The number of pyridine rings is 1. The van der Waals surface area contributed by atoms with Crippen molar-refractivity contribution in [3.8, 4) is 0 Å². The molecule has 0 aliphatic rings. The van der Waals surface area contributed by atoms with Gasteiger partial charge >= 0.3 is 0 Å². The van der Waals surface area contributed by atoms with Gasteiger partial charge in [-0.25, -0.2) is 0 Å². The molecule has 2 aromatic rings. The second-order valence-corrected chi connectivity index (χ2v) is 3.63. The molecule has 0 aliphatic heterocycles. The largest absolute Gasteiger partial charge is 0.385 e. The fraction of sp³-hybridized carbons (Fsp3) is 0.250. The molecule has 94 valence electrons. The summed E-state index contributed by atoms with van der Waals surface area (Å²) in [6.07, 6.45) is 4.65. The van der Waals surface area contributed by atoms with Crippen molar-refractivity contribution >= 4 is 11.6 Å². The summed E-state index contributed by atoms with van der Waals surface area (Å²) in [5, 5.41) is 9.59. The number of nitrogens with one attached hydrogen (secondary N) is 2. The Morgan fingerprint density at radius 3 is 3.06 bits per heavy atom. The Morgan fingerprint density at radius 2 is 2.33 bits per heavy atom. The van der Waals surface area contributed by atoms with Crippen LogP contribution in [-0.4, -0.2) is 22.6 Å². The third kappa shape index (κ3) is 2.85. The molecule has 0 spiro atoms. The van der Waals surface area contributed by atoms with Crippen LogP contribution in [0.15, 0.2) is 35.3 Å². The third-order valence-electron chi connectivity index (χ3n) is 2.35. The number of aromatic nitrogens is 2. The van der Waals surface area contributed by atoms with Crippen LogP contribution in [0.1, 0.15) is 23.0 Å². The van der Waals surface area contributed by atoms with Crippen LogP contribution in [0.4, 0.5) is 5.69 Å². The van der Waals surface area contributed by atoms with E-state index in [2.05, 4.69) is 25.3 Å². The summed E-state index contributed by atoms with van der Waals surface area (Å²) in [6, 6.07) is 3.48. The smallest absolute Gasteiger partial charge is 0.255 e. The van der Waals surface area contributed by atoms with E-state index in [1.165, 1.54) is 12.5 Å². The molecule has 0 atom stereocenters. The number of anilines is 1. The van der Waals surface area contributed by atoms with Crippen molar-refractivity contribution in [3.05, 3.63) is 42.0 Å². The van der Waals surface area contributed by atoms with E-state index in [1.54, 1.807) is 18.3 Å².